The second-order valence-electron chi connectivity index (χ2n) is 5.21. The van der Waals surface area contributed by atoms with Crippen LogP contribution in [-0.2, 0) is 9.53 Å². The number of rotatable bonds is 3. The van der Waals surface area contributed by atoms with Gasteiger partial charge in [0.1, 0.15) is 0 Å². The van der Waals surface area contributed by atoms with Crippen molar-refractivity contribution >= 4 is 21.9 Å². The number of halogens is 1. The Bertz CT molecular complexity index is 294. The van der Waals surface area contributed by atoms with Crippen LogP contribution in [0.15, 0.2) is 11.6 Å². The van der Waals surface area contributed by atoms with E-state index in [1.54, 1.807) is 0 Å². The van der Waals surface area contributed by atoms with Gasteiger partial charge in [0.2, 0.25) is 0 Å². The third-order valence-corrected chi connectivity index (χ3v) is 4.51. The fourth-order valence-electron chi connectivity index (χ4n) is 2.47. The highest BCUT2D eigenvalue weighted by atomic mass is 79.9. The average molecular weight is 289 g/mol. The van der Waals surface area contributed by atoms with Gasteiger partial charge in [-0.2, -0.15) is 0 Å². The minimum atomic E-state index is -0.183. The van der Waals surface area contributed by atoms with Crippen LogP contribution in [0.2, 0.25) is 0 Å². The quantitative estimate of drug-likeness (QED) is 0.451. The van der Waals surface area contributed by atoms with E-state index in [-0.39, 0.29) is 11.4 Å². The molecule has 0 aromatic heterocycles. The lowest BCUT2D eigenvalue weighted by Crippen LogP contribution is -2.39. The Balaban J connectivity index is 2.77. The number of alkyl halides is 1. The standard InChI is InChI=1S/C13H21BrO2/c1-9-5-6-11(8-16-10(2)15)13(3,4)12(9)7-14/h5,11-12H,6-8H2,1-4H3/t11-,12-/m1/s1. The molecular formula is C13H21BrO2. The van der Waals surface area contributed by atoms with Crippen molar-refractivity contribution in [3.63, 3.8) is 0 Å². The van der Waals surface area contributed by atoms with Crippen LogP contribution in [0.1, 0.15) is 34.1 Å². The molecule has 0 spiro atoms. The zero-order valence-corrected chi connectivity index (χ0v) is 12.1. The van der Waals surface area contributed by atoms with E-state index in [1.807, 2.05) is 0 Å². The normalized spacial score (nSPS) is 28.4. The van der Waals surface area contributed by atoms with Crippen LogP contribution in [0, 0.1) is 17.3 Å². The molecule has 0 radical (unpaired) electrons. The lowest BCUT2D eigenvalue weighted by molar-refractivity contribution is -0.144. The van der Waals surface area contributed by atoms with Crippen molar-refractivity contribution in [2.24, 2.45) is 17.3 Å². The topological polar surface area (TPSA) is 26.3 Å². The van der Waals surface area contributed by atoms with E-state index < -0.39 is 0 Å². The van der Waals surface area contributed by atoms with Crippen LogP contribution in [0.5, 0.6) is 0 Å². The fourth-order valence-corrected chi connectivity index (χ4v) is 3.81. The molecule has 0 unspecified atom stereocenters. The van der Waals surface area contributed by atoms with Crippen molar-refractivity contribution in [3.8, 4) is 0 Å². The summed E-state index contributed by atoms with van der Waals surface area (Å²) in [6, 6.07) is 0. The highest BCUT2D eigenvalue weighted by molar-refractivity contribution is 9.09. The van der Waals surface area contributed by atoms with E-state index in [9.17, 15) is 4.79 Å². The summed E-state index contributed by atoms with van der Waals surface area (Å²) in [6.45, 7) is 8.73. The maximum absolute atomic E-state index is 10.9. The maximum atomic E-state index is 10.9. The molecule has 2 nitrogen and oxygen atoms in total. The molecule has 0 aromatic rings. The monoisotopic (exact) mass is 288 g/mol. The molecule has 0 N–H and O–H groups in total. The molecule has 0 amide bonds. The molecular weight excluding hydrogens is 268 g/mol. The summed E-state index contributed by atoms with van der Waals surface area (Å²) in [4.78, 5) is 10.9. The van der Waals surface area contributed by atoms with Crippen LogP contribution in [0.25, 0.3) is 0 Å². The highest BCUT2D eigenvalue weighted by Crippen LogP contribution is 2.45. The lowest BCUT2D eigenvalue weighted by Gasteiger charge is -2.43. The zero-order chi connectivity index (χ0) is 12.3. The van der Waals surface area contributed by atoms with Crippen LogP contribution in [-0.4, -0.2) is 17.9 Å². The van der Waals surface area contributed by atoms with E-state index in [0.717, 1.165) is 11.8 Å². The number of esters is 1. The molecule has 16 heavy (non-hydrogen) atoms. The molecule has 0 heterocycles. The summed E-state index contributed by atoms with van der Waals surface area (Å²) >= 11 is 3.59. The van der Waals surface area contributed by atoms with Crippen molar-refractivity contribution in [3.05, 3.63) is 11.6 Å². The van der Waals surface area contributed by atoms with E-state index in [1.165, 1.54) is 12.5 Å². The van der Waals surface area contributed by atoms with Gasteiger partial charge >= 0.3 is 5.97 Å². The Labute approximate surface area is 107 Å². The molecule has 0 saturated carbocycles. The summed E-state index contributed by atoms with van der Waals surface area (Å²) in [5.41, 5.74) is 1.62. The molecule has 0 saturated heterocycles. The smallest absolute Gasteiger partial charge is 0.302 e. The maximum Gasteiger partial charge on any atom is 0.302 e. The Morgan fingerprint density at radius 3 is 2.75 bits per heavy atom. The molecule has 0 bridgehead atoms. The number of ether oxygens (including phenoxy) is 1. The zero-order valence-electron chi connectivity index (χ0n) is 10.5. The molecule has 0 aliphatic heterocycles. The van der Waals surface area contributed by atoms with Crippen LogP contribution in [0.3, 0.4) is 0 Å². The molecule has 1 rings (SSSR count). The molecule has 1 aliphatic rings. The van der Waals surface area contributed by atoms with Gasteiger partial charge in [-0.05, 0) is 24.7 Å². The highest BCUT2D eigenvalue weighted by Gasteiger charge is 2.40. The van der Waals surface area contributed by atoms with Gasteiger partial charge in [-0.25, -0.2) is 0 Å². The Morgan fingerprint density at radius 2 is 2.25 bits per heavy atom. The first kappa shape index (κ1) is 13.8. The summed E-state index contributed by atoms with van der Waals surface area (Å²) < 4.78 is 5.16. The number of carbonyl (C=O) groups excluding carboxylic acids is 1. The summed E-state index contributed by atoms with van der Waals surface area (Å²) in [6.07, 6.45) is 3.29. The third-order valence-electron chi connectivity index (χ3n) is 3.87. The van der Waals surface area contributed by atoms with Crippen molar-refractivity contribution in [2.75, 3.05) is 11.9 Å². The van der Waals surface area contributed by atoms with E-state index in [4.69, 9.17) is 4.74 Å². The van der Waals surface area contributed by atoms with E-state index in [2.05, 4.69) is 42.8 Å². The fraction of sp³-hybridized carbons (Fsp3) is 0.769. The minimum absolute atomic E-state index is 0.178. The number of hydrogen-bond acceptors (Lipinski definition) is 2. The number of hydrogen-bond donors (Lipinski definition) is 0. The van der Waals surface area contributed by atoms with Crippen molar-refractivity contribution in [1.29, 1.82) is 0 Å². The van der Waals surface area contributed by atoms with Crippen LogP contribution in [0.4, 0.5) is 0 Å². The van der Waals surface area contributed by atoms with Gasteiger partial charge in [0.05, 0.1) is 6.61 Å². The second kappa shape index (κ2) is 5.35. The summed E-state index contributed by atoms with van der Waals surface area (Å²) in [5.74, 6) is 0.766. The first-order valence-electron chi connectivity index (χ1n) is 5.75. The molecule has 2 atom stereocenters. The molecule has 0 fully saturated rings. The molecule has 92 valence electrons. The molecule has 0 aromatic carbocycles. The van der Waals surface area contributed by atoms with Crippen LogP contribution < -0.4 is 0 Å². The Morgan fingerprint density at radius 1 is 1.62 bits per heavy atom. The summed E-state index contributed by atoms with van der Waals surface area (Å²) in [5, 5.41) is 0.971. The van der Waals surface area contributed by atoms with Gasteiger partial charge in [0.15, 0.2) is 0 Å². The van der Waals surface area contributed by atoms with Gasteiger partial charge < -0.3 is 4.74 Å². The number of carbonyl (C=O) groups is 1. The van der Waals surface area contributed by atoms with Gasteiger partial charge in [-0.3, -0.25) is 4.79 Å². The largest absolute Gasteiger partial charge is 0.466 e. The second-order valence-corrected chi connectivity index (χ2v) is 5.86. The van der Waals surface area contributed by atoms with Crippen LogP contribution >= 0.6 is 15.9 Å². The average Bonchev–Trinajstić information content (AvgIpc) is 2.15. The Hall–Kier alpha value is -0.310. The van der Waals surface area contributed by atoms with Gasteiger partial charge in [0, 0.05) is 18.2 Å². The Kier molecular flexibility index (Phi) is 4.60. The minimum Gasteiger partial charge on any atom is -0.466 e. The van der Waals surface area contributed by atoms with Gasteiger partial charge in [-0.15, -0.1) is 0 Å². The van der Waals surface area contributed by atoms with Gasteiger partial charge in [-0.1, -0.05) is 41.4 Å². The number of allylic oxidation sites excluding steroid dienone is 2. The first-order valence-corrected chi connectivity index (χ1v) is 6.87. The van der Waals surface area contributed by atoms with Crippen molar-refractivity contribution in [2.45, 2.75) is 34.1 Å². The van der Waals surface area contributed by atoms with E-state index >= 15 is 0 Å². The molecule has 1 aliphatic carbocycles. The lowest BCUT2D eigenvalue weighted by atomic mass is 9.63. The predicted molar refractivity (Wildman–Crippen MR) is 69.6 cm³/mol. The van der Waals surface area contributed by atoms with E-state index in [0.29, 0.717) is 18.4 Å². The van der Waals surface area contributed by atoms with Crippen molar-refractivity contribution < 1.29 is 9.53 Å². The third kappa shape index (κ3) is 2.88. The predicted octanol–water partition coefficient (Wildman–Crippen LogP) is 3.55. The molecule has 3 heteroatoms. The van der Waals surface area contributed by atoms with Gasteiger partial charge in [0.25, 0.3) is 0 Å². The first-order chi connectivity index (χ1) is 7.39. The van der Waals surface area contributed by atoms with Crippen molar-refractivity contribution in [1.82, 2.24) is 0 Å². The SMILES string of the molecule is CC(=O)OC[C@H]1CC=C(C)[C@@H](CBr)C1(C)C. The summed E-state index contributed by atoms with van der Waals surface area (Å²) in [7, 11) is 0.